The maximum atomic E-state index is 12.0. The normalized spacial score (nSPS) is 11.0. The average Bonchev–Trinajstić information content (AvgIpc) is 3.02. The van der Waals surface area contributed by atoms with Gasteiger partial charge in [0.05, 0.1) is 5.56 Å². The third-order valence-electron chi connectivity index (χ3n) is 4.34. The SMILES string of the molecule is O=C(OCC[N+](=O)[O-])c1ccc(-[s+]2c3ccccc3c3ccccc32)cc1. The van der Waals surface area contributed by atoms with Gasteiger partial charge in [0.25, 0.3) is 0 Å². The standard InChI is InChI=1S/C21H16NO4S/c23-21(26-14-13-22(24)25)15-9-11-16(12-10-15)27-19-7-3-1-5-17(19)18-6-2-4-8-20(18)27/h1-12H,13-14H2/q+1. The lowest BCUT2D eigenvalue weighted by molar-refractivity contribution is -0.482. The number of benzene rings is 3. The fourth-order valence-corrected chi connectivity index (χ4v) is 5.51. The number of rotatable bonds is 5. The molecule has 5 nitrogen and oxygen atoms in total. The van der Waals surface area contributed by atoms with Crippen molar-refractivity contribution in [2.24, 2.45) is 0 Å². The number of carbonyl (C=O) groups excluding carboxylic acids is 1. The van der Waals surface area contributed by atoms with Gasteiger partial charge in [-0.3, -0.25) is 10.1 Å². The van der Waals surface area contributed by atoms with Crippen molar-refractivity contribution in [2.45, 2.75) is 0 Å². The summed E-state index contributed by atoms with van der Waals surface area (Å²) < 4.78 is 7.49. The third-order valence-corrected chi connectivity index (χ3v) is 6.67. The van der Waals surface area contributed by atoms with Crippen LogP contribution >= 0.6 is 10.5 Å². The summed E-state index contributed by atoms with van der Waals surface area (Å²) >= 11 is 0. The molecule has 0 aliphatic rings. The monoisotopic (exact) mass is 378 g/mol. The summed E-state index contributed by atoms with van der Waals surface area (Å²) in [5.41, 5.74) is 0.395. The van der Waals surface area contributed by atoms with E-state index < -0.39 is 10.9 Å². The van der Waals surface area contributed by atoms with E-state index in [1.54, 1.807) is 12.1 Å². The number of hydrogen-bond donors (Lipinski definition) is 0. The number of nitrogens with zero attached hydrogens (tertiary/aromatic N) is 1. The van der Waals surface area contributed by atoms with E-state index in [9.17, 15) is 14.9 Å². The summed E-state index contributed by atoms with van der Waals surface area (Å²) in [7, 11) is -0.215. The van der Waals surface area contributed by atoms with Crippen LogP contribution in [0.2, 0.25) is 0 Å². The molecular formula is C21H16NO4S+. The first-order valence-electron chi connectivity index (χ1n) is 8.47. The molecule has 0 aliphatic carbocycles. The Hall–Kier alpha value is -3.25. The Morgan fingerprint density at radius 2 is 1.44 bits per heavy atom. The van der Waals surface area contributed by atoms with E-state index in [0.29, 0.717) is 5.56 Å². The van der Waals surface area contributed by atoms with Crippen LogP contribution in [-0.2, 0) is 4.74 Å². The number of nitro groups is 1. The molecule has 0 unspecified atom stereocenters. The van der Waals surface area contributed by atoms with Crippen LogP contribution in [0.5, 0.6) is 0 Å². The van der Waals surface area contributed by atoms with Gasteiger partial charge < -0.3 is 4.74 Å². The van der Waals surface area contributed by atoms with Gasteiger partial charge in [0.15, 0.2) is 20.9 Å². The molecule has 0 atom stereocenters. The molecule has 0 fully saturated rings. The molecule has 134 valence electrons. The Balaban J connectivity index is 1.70. The van der Waals surface area contributed by atoms with Crippen molar-refractivity contribution in [3.8, 4) is 4.90 Å². The van der Waals surface area contributed by atoms with E-state index in [1.165, 1.54) is 20.2 Å². The molecule has 0 saturated carbocycles. The molecule has 3 aromatic carbocycles. The fraction of sp³-hybridized carbons (Fsp3) is 0.0952. The maximum absolute atomic E-state index is 12.0. The van der Waals surface area contributed by atoms with Gasteiger partial charge in [-0.05, 0) is 48.5 Å². The Kier molecular flexibility index (Phi) is 4.56. The van der Waals surface area contributed by atoms with Crippen LogP contribution in [-0.4, -0.2) is 24.0 Å². The van der Waals surface area contributed by atoms with Gasteiger partial charge in [-0.25, -0.2) is 4.79 Å². The molecular weight excluding hydrogens is 362 g/mol. The zero-order chi connectivity index (χ0) is 18.8. The number of esters is 1. The number of carbonyl (C=O) groups is 1. The first kappa shape index (κ1) is 17.2. The lowest BCUT2D eigenvalue weighted by atomic mass is 10.2. The molecule has 27 heavy (non-hydrogen) atoms. The lowest BCUT2D eigenvalue weighted by Gasteiger charge is -2.02. The molecule has 0 N–H and O–H groups in total. The van der Waals surface area contributed by atoms with Crippen molar-refractivity contribution in [3.05, 3.63) is 88.5 Å². The molecule has 6 heteroatoms. The fourth-order valence-electron chi connectivity index (χ4n) is 3.13. The highest BCUT2D eigenvalue weighted by atomic mass is 32.2. The van der Waals surface area contributed by atoms with Crippen LogP contribution in [0.4, 0.5) is 0 Å². The third kappa shape index (κ3) is 3.27. The van der Waals surface area contributed by atoms with Crippen molar-refractivity contribution in [2.75, 3.05) is 13.2 Å². The van der Waals surface area contributed by atoms with E-state index in [4.69, 9.17) is 4.74 Å². The van der Waals surface area contributed by atoms with E-state index >= 15 is 0 Å². The second-order valence-corrected chi connectivity index (χ2v) is 7.98. The Bertz CT molecular complexity index is 1090. The molecule has 0 bridgehead atoms. The lowest BCUT2D eigenvalue weighted by Crippen LogP contribution is -2.13. The predicted molar refractivity (Wildman–Crippen MR) is 107 cm³/mol. The Morgan fingerprint density at radius 1 is 0.889 bits per heavy atom. The molecule has 4 rings (SSSR count). The quantitative estimate of drug-likeness (QED) is 0.208. The van der Waals surface area contributed by atoms with Crippen molar-refractivity contribution < 1.29 is 14.5 Å². The van der Waals surface area contributed by atoms with Crippen molar-refractivity contribution >= 4 is 36.6 Å². The molecule has 0 saturated heterocycles. The molecule has 1 aromatic heterocycles. The molecule has 0 amide bonds. The molecule has 0 radical (unpaired) electrons. The van der Waals surface area contributed by atoms with Gasteiger partial charge in [0.2, 0.25) is 6.54 Å². The van der Waals surface area contributed by atoms with Gasteiger partial charge >= 0.3 is 5.97 Å². The van der Waals surface area contributed by atoms with Gasteiger partial charge in [-0.2, -0.15) is 0 Å². The summed E-state index contributed by atoms with van der Waals surface area (Å²) in [5, 5.41) is 12.8. The number of fused-ring (bicyclic) bond motifs is 3. The first-order chi connectivity index (χ1) is 13.1. The molecule has 0 spiro atoms. The van der Waals surface area contributed by atoms with Crippen molar-refractivity contribution in [1.29, 1.82) is 0 Å². The van der Waals surface area contributed by atoms with Crippen LogP contribution in [0, 0.1) is 10.1 Å². The van der Waals surface area contributed by atoms with Crippen LogP contribution in [0.15, 0.2) is 72.8 Å². The minimum absolute atomic E-state index is 0.215. The summed E-state index contributed by atoms with van der Waals surface area (Å²) in [4.78, 5) is 23.0. The highest BCUT2D eigenvalue weighted by Crippen LogP contribution is 2.48. The highest BCUT2D eigenvalue weighted by molar-refractivity contribution is 7.50. The minimum atomic E-state index is -0.543. The summed E-state index contributed by atoms with van der Waals surface area (Å²) in [6.07, 6.45) is 0. The van der Waals surface area contributed by atoms with Crippen LogP contribution < -0.4 is 0 Å². The molecule has 0 aliphatic heterocycles. The zero-order valence-corrected chi connectivity index (χ0v) is 15.1. The molecule has 1 heterocycles. The summed E-state index contributed by atoms with van der Waals surface area (Å²) in [5.74, 6) is -0.543. The van der Waals surface area contributed by atoms with E-state index in [-0.39, 0.29) is 23.6 Å². The van der Waals surface area contributed by atoms with E-state index in [2.05, 4.69) is 24.3 Å². The van der Waals surface area contributed by atoms with Crippen LogP contribution in [0.25, 0.3) is 25.1 Å². The Labute approximate surface area is 157 Å². The number of thiophene rings is 1. The van der Waals surface area contributed by atoms with Crippen LogP contribution in [0.1, 0.15) is 10.4 Å². The molecule has 4 aromatic rings. The first-order valence-corrected chi connectivity index (χ1v) is 9.69. The summed E-state index contributed by atoms with van der Waals surface area (Å²) in [6, 6.07) is 24.1. The smallest absolute Gasteiger partial charge is 0.338 e. The highest BCUT2D eigenvalue weighted by Gasteiger charge is 2.23. The largest absolute Gasteiger partial charge is 0.455 e. The average molecular weight is 378 g/mol. The van der Waals surface area contributed by atoms with E-state index in [1.807, 2.05) is 36.4 Å². The minimum Gasteiger partial charge on any atom is -0.455 e. The van der Waals surface area contributed by atoms with E-state index in [0.717, 1.165) is 4.90 Å². The predicted octanol–water partition coefficient (Wildman–Crippen LogP) is 5.16. The Morgan fingerprint density at radius 3 is 2.00 bits per heavy atom. The van der Waals surface area contributed by atoms with Crippen molar-refractivity contribution in [3.63, 3.8) is 0 Å². The topological polar surface area (TPSA) is 69.4 Å². The second-order valence-electron chi connectivity index (χ2n) is 6.02. The zero-order valence-electron chi connectivity index (χ0n) is 14.3. The van der Waals surface area contributed by atoms with Crippen molar-refractivity contribution in [1.82, 2.24) is 0 Å². The van der Waals surface area contributed by atoms with Gasteiger partial charge in [-0.1, -0.05) is 24.3 Å². The number of ether oxygens (including phenoxy) is 1. The summed E-state index contributed by atoms with van der Waals surface area (Å²) in [6.45, 7) is -0.612. The van der Waals surface area contributed by atoms with Gasteiger partial charge in [0, 0.05) is 26.2 Å². The van der Waals surface area contributed by atoms with Gasteiger partial charge in [0.1, 0.15) is 0 Å². The number of hydrogen-bond acceptors (Lipinski definition) is 4. The van der Waals surface area contributed by atoms with Gasteiger partial charge in [-0.15, -0.1) is 0 Å². The van der Waals surface area contributed by atoms with Crippen LogP contribution in [0.3, 0.4) is 0 Å². The maximum Gasteiger partial charge on any atom is 0.338 e. The second kappa shape index (κ2) is 7.17.